The van der Waals surface area contributed by atoms with Gasteiger partial charge in [-0.1, -0.05) is 0 Å². The first-order valence-electron chi connectivity index (χ1n) is 11.7. The van der Waals surface area contributed by atoms with E-state index in [1.165, 1.54) is 44.6 Å². The van der Waals surface area contributed by atoms with Crippen LogP contribution in [0, 0.1) is 5.82 Å². The third-order valence-electron chi connectivity index (χ3n) is 6.66. The average molecular weight is 547 g/mol. The van der Waals surface area contributed by atoms with Gasteiger partial charge in [0.25, 0.3) is 0 Å². The highest BCUT2D eigenvalue weighted by Gasteiger charge is 2.36. The van der Waals surface area contributed by atoms with Crippen molar-refractivity contribution in [2.24, 2.45) is 0 Å². The van der Waals surface area contributed by atoms with E-state index in [0.717, 1.165) is 6.07 Å². The minimum atomic E-state index is -4.79. The largest absolute Gasteiger partial charge is 0.434 e. The van der Waals surface area contributed by atoms with Crippen LogP contribution < -0.4 is 20.5 Å². The number of imidazole rings is 1. The first-order chi connectivity index (χ1) is 18.3. The Morgan fingerprint density at radius 1 is 1.10 bits per heavy atom. The molecule has 0 aliphatic carbocycles. The van der Waals surface area contributed by atoms with Gasteiger partial charge < -0.3 is 15.2 Å². The number of rotatable bonds is 4. The van der Waals surface area contributed by atoms with Gasteiger partial charge in [0, 0.05) is 58.3 Å². The quantitative estimate of drug-likeness (QED) is 0.377. The Labute approximate surface area is 216 Å². The highest BCUT2D eigenvalue weighted by Crippen LogP contribution is 2.39. The number of hydrogen-bond donors (Lipinski definition) is 2. The van der Waals surface area contributed by atoms with E-state index in [1.807, 2.05) is 0 Å². The summed E-state index contributed by atoms with van der Waals surface area (Å²) in [5.74, 6) is -0.670. The Kier molecular flexibility index (Phi) is 5.44. The Hall–Kier alpha value is -4.13. The van der Waals surface area contributed by atoms with Gasteiger partial charge in [-0.2, -0.15) is 22.0 Å². The van der Waals surface area contributed by atoms with Crippen LogP contribution in [0.5, 0.6) is 5.75 Å². The van der Waals surface area contributed by atoms with Crippen molar-refractivity contribution in [3.63, 3.8) is 0 Å². The van der Waals surface area contributed by atoms with E-state index in [2.05, 4.69) is 25.0 Å². The molecule has 0 fully saturated rings. The van der Waals surface area contributed by atoms with Gasteiger partial charge in [0.15, 0.2) is 5.82 Å². The van der Waals surface area contributed by atoms with Crippen LogP contribution in [-0.2, 0) is 11.8 Å². The number of nitrogens with one attached hydrogen (secondary N) is 1. The maximum absolute atomic E-state index is 15.2. The molecule has 2 N–H and O–H groups in total. The molecule has 0 amide bonds. The molecule has 202 valence electrons. The molecule has 0 unspecified atom stereocenters. The molecule has 4 aromatic rings. The zero-order chi connectivity index (χ0) is 27.9. The summed E-state index contributed by atoms with van der Waals surface area (Å²) in [5.41, 5.74) is -0.972. The number of halogens is 6. The second-order valence-electron chi connectivity index (χ2n) is 9.81. The lowest BCUT2D eigenvalue weighted by atomic mass is 10.1. The van der Waals surface area contributed by atoms with E-state index >= 15 is 4.39 Å². The highest BCUT2D eigenvalue weighted by atomic mass is 19.4. The van der Waals surface area contributed by atoms with Gasteiger partial charge >= 0.3 is 12.8 Å². The van der Waals surface area contributed by atoms with Crippen LogP contribution >= 0.6 is 0 Å². The molecule has 39 heavy (non-hydrogen) atoms. The van der Waals surface area contributed by atoms with Crippen molar-refractivity contribution in [1.29, 1.82) is 0 Å². The number of aromatic nitrogens is 4. The summed E-state index contributed by atoms with van der Waals surface area (Å²) in [6.07, 6.45) is -0.538. The first kappa shape index (κ1) is 25.2. The van der Waals surface area contributed by atoms with Crippen LogP contribution in [-0.4, -0.2) is 31.2 Å². The number of ether oxygens (including phenoxy) is 1. The lowest BCUT2D eigenvalue weighted by Gasteiger charge is -2.15. The van der Waals surface area contributed by atoms with E-state index in [1.54, 1.807) is 4.57 Å². The minimum absolute atomic E-state index is 0.0171. The number of aliphatic hydroxyl groups is 1. The lowest BCUT2D eigenvalue weighted by Crippen LogP contribution is -2.34. The third kappa shape index (κ3) is 4.17. The monoisotopic (exact) mass is 547 g/mol. The second kappa shape index (κ2) is 8.43. The normalized spacial score (nSPS) is 16.6. The van der Waals surface area contributed by atoms with Crippen LogP contribution in [0.15, 0.2) is 36.7 Å². The van der Waals surface area contributed by atoms with Crippen LogP contribution in [0.3, 0.4) is 0 Å². The zero-order valence-corrected chi connectivity index (χ0v) is 20.3. The predicted molar refractivity (Wildman–Crippen MR) is 127 cm³/mol. The molecule has 2 aromatic carbocycles. The molecule has 0 saturated carbocycles. The summed E-state index contributed by atoms with van der Waals surface area (Å²) in [4.78, 5) is 12.8. The SMILES string of the molecule is CC(C)(O)c1ncc(-c2cc3c(cc2F)nc2n3C3=c4c(OC(F)F)cc(C(F)(F)F)cc4=CN[C@@H]2C3)cn1. The van der Waals surface area contributed by atoms with Gasteiger partial charge in [0.1, 0.15) is 23.0 Å². The van der Waals surface area contributed by atoms with E-state index in [-0.39, 0.29) is 33.8 Å². The van der Waals surface area contributed by atoms with Gasteiger partial charge in [0.05, 0.1) is 22.6 Å². The van der Waals surface area contributed by atoms with Gasteiger partial charge in [-0.25, -0.2) is 19.3 Å². The topological polar surface area (TPSA) is 85.1 Å². The van der Waals surface area contributed by atoms with Gasteiger partial charge in [-0.05, 0) is 32.0 Å². The Bertz CT molecular complexity index is 1760. The molecule has 0 saturated heterocycles. The molecule has 13 heteroatoms. The average Bonchev–Trinajstić information content (AvgIpc) is 3.29. The molecule has 2 aromatic heterocycles. The number of alkyl halides is 5. The van der Waals surface area contributed by atoms with E-state index in [9.17, 15) is 27.1 Å². The van der Waals surface area contributed by atoms with Crippen molar-refractivity contribution in [2.75, 3.05) is 0 Å². The van der Waals surface area contributed by atoms with Crippen molar-refractivity contribution in [1.82, 2.24) is 24.8 Å². The van der Waals surface area contributed by atoms with Gasteiger partial charge in [0.2, 0.25) is 0 Å². The number of hydrogen-bond acceptors (Lipinski definition) is 6. The molecule has 2 bridgehead atoms. The second-order valence-corrected chi connectivity index (χ2v) is 9.81. The Balaban J connectivity index is 1.61. The molecule has 4 heterocycles. The fourth-order valence-electron chi connectivity index (χ4n) is 4.96. The molecule has 2 aliphatic rings. The molecular weight excluding hydrogens is 528 g/mol. The van der Waals surface area contributed by atoms with Crippen molar-refractivity contribution in [3.8, 4) is 16.9 Å². The summed E-state index contributed by atoms with van der Waals surface area (Å²) >= 11 is 0. The van der Waals surface area contributed by atoms with Crippen molar-refractivity contribution in [3.05, 3.63) is 70.1 Å². The summed E-state index contributed by atoms with van der Waals surface area (Å²) in [7, 11) is 0. The molecule has 1 atom stereocenters. The third-order valence-corrected chi connectivity index (χ3v) is 6.66. The van der Waals surface area contributed by atoms with Crippen molar-refractivity contribution >= 4 is 22.9 Å². The Morgan fingerprint density at radius 2 is 1.82 bits per heavy atom. The zero-order valence-electron chi connectivity index (χ0n) is 20.3. The highest BCUT2D eigenvalue weighted by molar-refractivity contribution is 5.87. The smallest absolute Gasteiger partial charge is 0.416 e. The maximum Gasteiger partial charge on any atom is 0.416 e. The van der Waals surface area contributed by atoms with Crippen LogP contribution in [0.4, 0.5) is 26.3 Å². The summed E-state index contributed by atoms with van der Waals surface area (Å²) < 4.78 is 88.6. The molecule has 0 spiro atoms. The van der Waals surface area contributed by atoms with Crippen LogP contribution in [0.1, 0.15) is 43.5 Å². The van der Waals surface area contributed by atoms with E-state index < -0.39 is 41.6 Å². The lowest BCUT2D eigenvalue weighted by molar-refractivity contribution is -0.138. The van der Waals surface area contributed by atoms with Crippen molar-refractivity contribution < 1.29 is 36.2 Å². The van der Waals surface area contributed by atoms with Crippen LogP contribution in [0.2, 0.25) is 0 Å². The van der Waals surface area contributed by atoms with Crippen LogP contribution in [0.25, 0.3) is 34.1 Å². The molecule has 0 radical (unpaired) electrons. The first-order valence-corrected chi connectivity index (χ1v) is 11.7. The number of benzene rings is 2. The fraction of sp³-hybridized carbons (Fsp3) is 0.269. The minimum Gasteiger partial charge on any atom is -0.434 e. The molecule has 2 aliphatic heterocycles. The molecule has 7 nitrogen and oxygen atoms in total. The molecule has 6 rings (SSSR count). The van der Waals surface area contributed by atoms with Gasteiger partial charge in [-0.15, -0.1) is 0 Å². The summed E-state index contributed by atoms with van der Waals surface area (Å²) in [6.45, 7) is -0.345. The summed E-state index contributed by atoms with van der Waals surface area (Å²) in [6, 6.07) is 3.61. The number of nitrogens with zero attached hydrogens (tertiary/aromatic N) is 4. The van der Waals surface area contributed by atoms with Gasteiger partial charge in [-0.3, -0.25) is 4.57 Å². The maximum atomic E-state index is 15.2. The van der Waals surface area contributed by atoms with E-state index in [4.69, 9.17) is 0 Å². The number of fused-ring (bicyclic) bond motifs is 8. The standard InChI is InChI=1S/C26H19F6N5O2/c1-25(2,38)23-34-9-12(10-35-23)14-5-18-16(6-15(14)27)36-22-17-7-19(37(18)22)21-11(8-33-17)3-13(26(30,31)32)4-20(21)39-24(28)29/h3-6,8-10,17,24,33,38H,7H2,1-2H3/t17-/m1/s1. The summed E-state index contributed by atoms with van der Waals surface area (Å²) in [5, 5.41) is 13.2. The Morgan fingerprint density at radius 3 is 2.46 bits per heavy atom. The van der Waals surface area contributed by atoms with E-state index in [0.29, 0.717) is 28.7 Å². The molecular formula is C26H19F6N5O2. The predicted octanol–water partition coefficient (Wildman–Crippen LogP) is 3.92. The van der Waals surface area contributed by atoms with Crippen molar-refractivity contribution in [2.45, 2.75) is 44.7 Å². The fourth-order valence-corrected chi connectivity index (χ4v) is 4.96.